The highest BCUT2D eigenvalue weighted by Gasteiger charge is 2.29. The van der Waals surface area contributed by atoms with E-state index < -0.39 is 6.04 Å². The van der Waals surface area contributed by atoms with Crippen LogP contribution in [0.15, 0.2) is 30.3 Å². The van der Waals surface area contributed by atoms with Crippen LogP contribution in [-0.2, 0) is 4.79 Å². The molecule has 1 aliphatic rings. The molecule has 3 N–H and O–H groups in total. The van der Waals surface area contributed by atoms with Gasteiger partial charge in [-0.3, -0.25) is 4.79 Å². The fourth-order valence-electron chi connectivity index (χ4n) is 2.62. The molecule has 23 heavy (non-hydrogen) atoms. The molecule has 6 heteroatoms. The predicted octanol–water partition coefficient (Wildman–Crippen LogP) is 2.85. The number of para-hydroxylation sites is 1. The van der Waals surface area contributed by atoms with Crippen molar-refractivity contribution >= 4 is 36.4 Å². The van der Waals surface area contributed by atoms with E-state index in [4.69, 9.17) is 5.73 Å². The van der Waals surface area contributed by atoms with Crippen LogP contribution in [-0.4, -0.2) is 31.6 Å². The lowest BCUT2D eigenvalue weighted by Crippen LogP contribution is -2.49. The first kappa shape index (κ1) is 22.0. The first-order valence-electron chi connectivity index (χ1n) is 7.71. The number of carbonyl (C=O) groups excluding carboxylic acids is 1. The first-order chi connectivity index (χ1) is 9.88. The van der Waals surface area contributed by atoms with Crippen LogP contribution < -0.4 is 16.0 Å². The number of anilines is 1. The zero-order valence-corrected chi connectivity index (χ0v) is 15.8. The maximum Gasteiger partial charge on any atom is 0.237 e. The second kappa shape index (κ2) is 9.36. The molecule has 1 fully saturated rings. The third kappa shape index (κ3) is 6.21. The third-order valence-corrected chi connectivity index (χ3v) is 4.19. The van der Waals surface area contributed by atoms with E-state index in [-0.39, 0.29) is 36.1 Å². The second-order valence-electron chi connectivity index (χ2n) is 7.03. The van der Waals surface area contributed by atoms with Crippen molar-refractivity contribution in [3.8, 4) is 0 Å². The summed E-state index contributed by atoms with van der Waals surface area (Å²) in [6, 6.07) is 9.97. The van der Waals surface area contributed by atoms with Crippen LogP contribution in [0.5, 0.6) is 0 Å². The lowest BCUT2D eigenvalue weighted by atomic mass is 9.87. The Morgan fingerprint density at radius 1 is 1.30 bits per heavy atom. The van der Waals surface area contributed by atoms with Gasteiger partial charge in [0.25, 0.3) is 0 Å². The molecule has 2 atom stereocenters. The summed E-state index contributed by atoms with van der Waals surface area (Å²) in [6.07, 6.45) is 1.11. The van der Waals surface area contributed by atoms with Crippen LogP contribution in [0.25, 0.3) is 0 Å². The van der Waals surface area contributed by atoms with Crippen LogP contribution in [0.4, 0.5) is 5.69 Å². The van der Waals surface area contributed by atoms with Crippen molar-refractivity contribution in [1.82, 2.24) is 5.32 Å². The molecule has 0 radical (unpaired) electrons. The Kier molecular flexibility index (Phi) is 8.96. The molecule has 1 heterocycles. The van der Waals surface area contributed by atoms with E-state index in [1.165, 1.54) is 5.69 Å². The number of hydrogen-bond donors (Lipinski definition) is 2. The number of nitrogens with zero attached hydrogens (tertiary/aromatic N) is 1. The van der Waals surface area contributed by atoms with Gasteiger partial charge in [-0.15, -0.1) is 24.8 Å². The molecular formula is C17H29Cl2N3O. The van der Waals surface area contributed by atoms with Crippen molar-refractivity contribution in [1.29, 1.82) is 0 Å². The van der Waals surface area contributed by atoms with Gasteiger partial charge in [-0.1, -0.05) is 39.0 Å². The average molecular weight is 362 g/mol. The van der Waals surface area contributed by atoms with Crippen molar-refractivity contribution in [2.75, 3.05) is 24.5 Å². The molecule has 0 aliphatic carbocycles. The minimum Gasteiger partial charge on any atom is -0.371 e. The van der Waals surface area contributed by atoms with Crippen molar-refractivity contribution in [3.05, 3.63) is 30.3 Å². The molecule has 0 aromatic heterocycles. The molecule has 2 rings (SSSR count). The van der Waals surface area contributed by atoms with Crippen LogP contribution >= 0.6 is 24.8 Å². The standard InChI is InChI=1S/C17H27N3O.2ClH/c1-17(2,3)15(18)16(21)19-11-13-9-10-20(12-13)14-7-5-4-6-8-14;;/h4-8,13,15H,9-12,18H2,1-3H3,(H,19,21);2*1H/t13?,15-;;/m1../s1. The summed E-state index contributed by atoms with van der Waals surface area (Å²) in [5.74, 6) is 0.460. The summed E-state index contributed by atoms with van der Waals surface area (Å²) in [6.45, 7) is 8.73. The summed E-state index contributed by atoms with van der Waals surface area (Å²) in [5, 5.41) is 3.01. The number of nitrogens with one attached hydrogen (secondary N) is 1. The van der Waals surface area contributed by atoms with E-state index in [9.17, 15) is 4.79 Å². The van der Waals surface area contributed by atoms with Gasteiger partial charge in [0, 0.05) is 25.3 Å². The molecule has 1 aliphatic heterocycles. The topological polar surface area (TPSA) is 58.4 Å². The Labute approximate surface area is 152 Å². The van der Waals surface area contributed by atoms with Gasteiger partial charge in [0.2, 0.25) is 5.91 Å². The largest absolute Gasteiger partial charge is 0.371 e. The van der Waals surface area contributed by atoms with E-state index in [1.54, 1.807) is 0 Å². The second-order valence-corrected chi connectivity index (χ2v) is 7.03. The molecule has 0 spiro atoms. The molecule has 0 saturated carbocycles. The van der Waals surface area contributed by atoms with E-state index in [2.05, 4.69) is 34.5 Å². The van der Waals surface area contributed by atoms with Crippen molar-refractivity contribution in [3.63, 3.8) is 0 Å². The van der Waals surface area contributed by atoms with Gasteiger partial charge < -0.3 is 16.0 Å². The minimum absolute atomic E-state index is 0. The molecular weight excluding hydrogens is 333 g/mol. The lowest BCUT2D eigenvalue weighted by molar-refractivity contribution is -0.124. The van der Waals surface area contributed by atoms with E-state index in [0.717, 1.165) is 19.5 Å². The van der Waals surface area contributed by atoms with Crippen LogP contribution in [0.1, 0.15) is 27.2 Å². The highest BCUT2D eigenvalue weighted by atomic mass is 35.5. The lowest BCUT2D eigenvalue weighted by Gasteiger charge is -2.26. The van der Waals surface area contributed by atoms with Crippen LogP contribution in [0.3, 0.4) is 0 Å². The van der Waals surface area contributed by atoms with Crippen molar-refractivity contribution in [2.45, 2.75) is 33.2 Å². The number of halogens is 2. The Morgan fingerprint density at radius 3 is 2.48 bits per heavy atom. The molecule has 1 saturated heterocycles. The van der Waals surface area contributed by atoms with E-state index in [1.807, 2.05) is 26.8 Å². The SMILES string of the molecule is CC(C)(C)[C@H](N)C(=O)NCC1CCN(c2ccccc2)C1.Cl.Cl. The smallest absolute Gasteiger partial charge is 0.237 e. The van der Waals surface area contributed by atoms with Gasteiger partial charge in [-0.2, -0.15) is 0 Å². The normalized spacial score (nSPS) is 18.6. The number of amides is 1. The Balaban J connectivity index is 0.00000242. The Morgan fingerprint density at radius 2 is 1.91 bits per heavy atom. The van der Waals surface area contributed by atoms with Crippen molar-refractivity contribution < 1.29 is 4.79 Å². The quantitative estimate of drug-likeness (QED) is 0.866. The molecule has 1 amide bonds. The number of carbonyl (C=O) groups is 1. The zero-order valence-electron chi connectivity index (χ0n) is 14.1. The highest BCUT2D eigenvalue weighted by Crippen LogP contribution is 2.23. The Hall–Kier alpha value is -0.970. The van der Waals surface area contributed by atoms with E-state index in [0.29, 0.717) is 12.5 Å². The monoisotopic (exact) mass is 361 g/mol. The molecule has 4 nitrogen and oxygen atoms in total. The summed E-state index contributed by atoms with van der Waals surface area (Å²) >= 11 is 0. The number of hydrogen-bond acceptors (Lipinski definition) is 3. The van der Waals surface area contributed by atoms with Gasteiger partial charge in [0.05, 0.1) is 6.04 Å². The van der Waals surface area contributed by atoms with Crippen LogP contribution in [0.2, 0.25) is 0 Å². The zero-order chi connectivity index (χ0) is 15.5. The van der Waals surface area contributed by atoms with Gasteiger partial charge in [0.1, 0.15) is 0 Å². The predicted molar refractivity (Wildman–Crippen MR) is 102 cm³/mol. The fourth-order valence-corrected chi connectivity index (χ4v) is 2.62. The van der Waals surface area contributed by atoms with Gasteiger partial charge in [-0.05, 0) is 29.9 Å². The minimum atomic E-state index is -0.455. The summed E-state index contributed by atoms with van der Waals surface area (Å²) in [5.41, 5.74) is 7.04. The number of benzene rings is 1. The van der Waals surface area contributed by atoms with Gasteiger partial charge >= 0.3 is 0 Å². The van der Waals surface area contributed by atoms with Crippen LogP contribution in [0, 0.1) is 11.3 Å². The molecule has 132 valence electrons. The summed E-state index contributed by atoms with van der Waals surface area (Å²) < 4.78 is 0. The highest BCUT2D eigenvalue weighted by molar-refractivity contribution is 5.85. The number of rotatable bonds is 4. The average Bonchev–Trinajstić information content (AvgIpc) is 2.93. The van der Waals surface area contributed by atoms with E-state index >= 15 is 0 Å². The van der Waals surface area contributed by atoms with Gasteiger partial charge in [0.15, 0.2) is 0 Å². The first-order valence-corrected chi connectivity index (χ1v) is 7.71. The molecule has 0 bridgehead atoms. The van der Waals surface area contributed by atoms with Crippen molar-refractivity contribution in [2.24, 2.45) is 17.1 Å². The molecule has 1 unspecified atom stereocenters. The summed E-state index contributed by atoms with van der Waals surface area (Å²) in [7, 11) is 0. The summed E-state index contributed by atoms with van der Waals surface area (Å²) in [4.78, 5) is 14.4. The molecule has 1 aromatic rings. The van der Waals surface area contributed by atoms with Gasteiger partial charge in [-0.25, -0.2) is 0 Å². The fraction of sp³-hybridized carbons (Fsp3) is 0.588. The maximum atomic E-state index is 12.0. The number of nitrogens with two attached hydrogens (primary N) is 1. The molecule has 1 aromatic carbocycles. The Bertz CT molecular complexity index is 476. The maximum absolute atomic E-state index is 12.0. The third-order valence-electron chi connectivity index (χ3n) is 4.19.